The summed E-state index contributed by atoms with van der Waals surface area (Å²) in [4.78, 5) is 30.0. The second-order valence-electron chi connectivity index (χ2n) is 9.76. The predicted octanol–water partition coefficient (Wildman–Crippen LogP) is 6.14. The summed E-state index contributed by atoms with van der Waals surface area (Å²) < 4.78 is 17.1. The number of carbonyl (C=O) groups is 1. The molecule has 0 saturated carbocycles. The normalized spacial score (nSPS) is 13.9. The molecule has 3 aromatic carbocycles. The Balaban J connectivity index is 1.34. The van der Waals surface area contributed by atoms with Crippen molar-refractivity contribution in [1.82, 2.24) is 4.90 Å². The number of nitrogens with zero attached hydrogens (tertiary/aromatic N) is 2. The molecule has 1 aromatic heterocycles. The minimum Gasteiger partial charge on any atom is -0.507 e. The number of fused-ring (bicyclic) bond motifs is 1. The summed E-state index contributed by atoms with van der Waals surface area (Å²) in [5.74, 6) is 0.403. The topological polar surface area (TPSA) is 92.5 Å². The van der Waals surface area contributed by atoms with Gasteiger partial charge in [0.05, 0.1) is 23.1 Å². The van der Waals surface area contributed by atoms with Crippen LogP contribution in [0.15, 0.2) is 69.9 Å². The van der Waals surface area contributed by atoms with Crippen molar-refractivity contribution in [2.45, 2.75) is 26.8 Å². The van der Waals surface area contributed by atoms with E-state index in [0.717, 1.165) is 38.3 Å². The van der Waals surface area contributed by atoms with Crippen molar-refractivity contribution in [2.75, 3.05) is 37.7 Å². The molecular formula is C31H31ClN2O6. The fourth-order valence-corrected chi connectivity index (χ4v) is 4.97. The predicted molar refractivity (Wildman–Crippen MR) is 155 cm³/mol. The minimum absolute atomic E-state index is 0.0561. The van der Waals surface area contributed by atoms with Gasteiger partial charge in [0.25, 0.3) is 0 Å². The van der Waals surface area contributed by atoms with Gasteiger partial charge in [0.15, 0.2) is 0 Å². The molecule has 0 radical (unpaired) electrons. The quantitative estimate of drug-likeness (QED) is 0.256. The summed E-state index contributed by atoms with van der Waals surface area (Å²) in [5, 5.41) is 11.8. The van der Waals surface area contributed by atoms with Gasteiger partial charge in [-0.15, -0.1) is 0 Å². The number of esters is 1. The third-order valence-electron chi connectivity index (χ3n) is 6.94. The summed E-state index contributed by atoms with van der Waals surface area (Å²) in [7, 11) is 0. The Morgan fingerprint density at radius 2 is 1.80 bits per heavy atom. The van der Waals surface area contributed by atoms with Gasteiger partial charge in [-0.1, -0.05) is 24.6 Å². The van der Waals surface area contributed by atoms with E-state index in [1.807, 2.05) is 31.2 Å². The number of aromatic hydroxyl groups is 1. The van der Waals surface area contributed by atoms with E-state index >= 15 is 0 Å². The Labute approximate surface area is 237 Å². The van der Waals surface area contributed by atoms with Crippen LogP contribution in [-0.2, 0) is 11.3 Å². The van der Waals surface area contributed by atoms with Gasteiger partial charge in [0, 0.05) is 43.4 Å². The monoisotopic (exact) mass is 562 g/mol. The minimum atomic E-state index is -0.409. The van der Waals surface area contributed by atoms with Crippen molar-refractivity contribution in [3.05, 3.63) is 92.8 Å². The summed E-state index contributed by atoms with van der Waals surface area (Å²) >= 11 is 6.16. The van der Waals surface area contributed by atoms with Gasteiger partial charge in [-0.3, -0.25) is 9.69 Å². The van der Waals surface area contributed by atoms with Crippen LogP contribution in [0.25, 0.3) is 11.0 Å². The maximum atomic E-state index is 13.5. The maximum absolute atomic E-state index is 13.5. The number of rotatable bonds is 8. The van der Waals surface area contributed by atoms with Gasteiger partial charge in [-0.05, 0) is 67.9 Å². The van der Waals surface area contributed by atoms with Gasteiger partial charge < -0.3 is 23.9 Å². The number of ether oxygens (including phenoxy) is 2. The first kappa shape index (κ1) is 27.6. The summed E-state index contributed by atoms with van der Waals surface area (Å²) in [6, 6.07) is 17.3. The Kier molecular flexibility index (Phi) is 8.28. The summed E-state index contributed by atoms with van der Waals surface area (Å²) in [5.41, 5.74) is 2.06. The average Bonchev–Trinajstić information content (AvgIpc) is 2.96. The van der Waals surface area contributed by atoms with Crippen LogP contribution in [0.5, 0.6) is 17.2 Å². The molecule has 5 rings (SSSR count). The Morgan fingerprint density at radius 3 is 2.50 bits per heavy atom. The second-order valence-corrected chi connectivity index (χ2v) is 10.2. The van der Waals surface area contributed by atoms with Gasteiger partial charge >= 0.3 is 5.97 Å². The third-order valence-corrected chi connectivity index (χ3v) is 7.17. The van der Waals surface area contributed by atoms with Crippen LogP contribution in [0.1, 0.15) is 35.0 Å². The van der Waals surface area contributed by atoms with Crippen LogP contribution in [-0.4, -0.2) is 48.8 Å². The lowest BCUT2D eigenvalue weighted by Gasteiger charge is -2.36. The molecule has 0 amide bonds. The van der Waals surface area contributed by atoms with Crippen molar-refractivity contribution < 1.29 is 23.8 Å². The zero-order chi connectivity index (χ0) is 28.2. The van der Waals surface area contributed by atoms with Crippen LogP contribution in [0, 0.1) is 6.92 Å². The molecule has 0 spiro atoms. The molecule has 1 aliphatic rings. The van der Waals surface area contributed by atoms with Gasteiger partial charge in [-0.25, -0.2) is 4.79 Å². The van der Waals surface area contributed by atoms with Gasteiger partial charge in [-0.2, -0.15) is 0 Å². The van der Waals surface area contributed by atoms with Crippen molar-refractivity contribution in [2.24, 2.45) is 0 Å². The molecule has 0 aliphatic carbocycles. The molecule has 1 N–H and O–H groups in total. The highest BCUT2D eigenvalue weighted by Gasteiger charge is 2.23. The van der Waals surface area contributed by atoms with Crippen molar-refractivity contribution in [3.63, 3.8) is 0 Å². The molecule has 4 aromatic rings. The maximum Gasteiger partial charge on any atom is 0.338 e. The SMILES string of the molecule is CCCOC(=O)c1ccc(Oc2c(C)oc3c(CN4CCN(c5cccc(Cl)c5)CC4)c(O)ccc3c2=O)cc1. The van der Waals surface area contributed by atoms with Crippen LogP contribution in [0.4, 0.5) is 5.69 Å². The largest absolute Gasteiger partial charge is 0.507 e. The van der Waals surface area contributed by atoms with Crippen molar-refractivity contribution in [3.8, 4) is 17.2 Å². The molecule has 9 heteroatoms. The number of phenols is 1. The van der Waals surface area contributed by atoms with Crippen LogP contribution >= 0.6 is 11.6 Å². The van der Waals surface area contributed by atoms with Crippen molar-refractivity contribution in [1.29, 1.82) is 0 Å². The standard InChI is InChI=1S/C31H31ClN2O6/c1-3-17-38-31(37)21-7-9-24(10-8-21)40-29-20(2)39-30-25(28(29)36)11-12-27(35)26(30)19-33-13-15-34(16-14-33)23-6-4-5-22(32)18-23/h4-12,18,35H,3,13-17,19H2,1-2H3. The van der Waals surface area contributed by atoms with E-state index in [1.54, 1.807) is 37.3 Å². The highest BCUT2D eigenvalue weighted by atomic mass is 35.5. The lowest BCUT2D eigenvalue weighted by Crippen LogP contribution is -2.46. The zero-order valence-electron chi connectivity index (χ0n) is 22.5. The smallest absolute Gasteiger partial charge is 0.338 e. The van der Waals surface area contributed by atoms with E-state index in [1.165, 1.54) is 6.07 Å². The van der Waals surface area contributed by atoms with Crippen LogP contribution in [0.2, 0.25) is 5.02 Å². The van der Waals surface area contributed by atoms with Crippen LogP contribution < -0.4 is 15.1 Å². The Bertz CT molecular complexity index is 1580. The number of hydrogen-bond donors (Lipinski definition) is 1. The number of halogens is 1. The second kappa shape index (κ2) is 12.0. The lowest BCUT2D eigenvalue weighted by atomic mass is 10.1. The first-order valence-corrected chi connectivity index (χ1v) is 13.7. The van der Waals surface area contributed by atoms with E-state index in [2.05, 4.69) is 9.80 Å². The number of hydrogen-bond acceptors (Lipinski definition) is 8. The van der Waals surface area contributed by atoms with E-state index in [9.17, 15) is 14.7 Å². The van der Waals surface area contributed by atoms with Gasteiger partial charge in [0.1, 0.15) is 22.8 Å². The van der Waals surface area contributed by atoms with Crippen LogP contribution in [0.3, 0.4) is 0 Å². The molecule has 0 atom stereocenters. The molecule has 0 bridgehead atoms. The zero-order valence-corrected chi connectivity index (χ0v) is 23.2. The van der Waals surface area contributed by atoms with E-state index < -0.39 is 5.97 Å². The number of piperazine rings is 1. The fraction of sp³-hybridized carbons (Fsp3) is 0.290. The number of phenolic OH excluding ortho intramolecular Hbond substituents is 1. The Morgan fingerprint density at radius 1 is 1.05 bits per heavy atom. The van der Waals surface area contributed by atoms with E-state index in [-0.39, 0.29) is 16.9 Å². The molecule has 1 aliphatic heterocycles. The molecule has 2 heterocycles. The number of benzene rings is 3. The molecule has 1 saturated heterocycles. The Hall–Kier alpha value is -4.01. The molecule has 208 valence electrons. The number of aryl methyl sites for hydroxylation is 1. The molecule has 40 heavy (non-hydrogen) atoms. The summed E-state index contributed by atoms with van der Waals surface area (Å²) in [6.07, 6.45) is 0.740. The molecule has 0 unspecified atom stereocenters. The first-order chi connectivity index (χ1) is 19.3. The highest BCUT2D eigenvalue weighted by molar-refractivity contribution is 6.30. The molecule has 8 nitrogen and oxygen atoms in total. The highest BCUT2D eigenvalue weighted by Crippen LogP contribution is 2.32. The number of anilines is 1. The van der Waals surface area contributed by atoms with E-state index in [0.29, 0.717) is 51.8 Å². The molecular weight excluding hydrogens is 532 g/mol. The number of carbonyl (C=O) groups excluding carboxylic acids is 1. The van der Waals surface area contributed by atoms with Gasteiger partial charge in [0.2, 0.25) is 11.2 Å². The summed E-state index contributed by atoms with van der Waals surface area (Å²) in [6.45, 7) is 7.53. The lowest BCUT2D eigenvalue weighted by molar-refractivity contribution is 0.0505. The van der Waals surface area contributed by atoms with E-state index in [4.69, 9.17) is 25.5 Å². The fourth-order valence-electron chi connectivity index (χ4n) is 4.78. The average molecular weight is 563 g/mol. The first-order valence-electron chi connectivity index (χ1n) is 13.3. The third kappa shape index (κ3) is 5.93. The van der Waals surface area contributed by atoms with Crippen molar-refractivity contribution >= 4 is 34.2 Å². The molecule has 1 fully saturated rings.